The van der Waals surface area contributed by atoms with Crippen molar-refractivity contribution in [1.82, 2.24) is 20.3 Å². The summed E-state index contributed by atoms with van der Waals surface area (Å²) in [6, 6.07) is 4.84. The van der Waals surface area contributed by atoms with E-state index in [4.69, 9.17) is 0 Å². The Morgan fingerprint density at radius 1 is 1.20 bits per heavy atom. The molecule has 2 aromatic heterocycles. The molecule has 1 N–H and O–H groups in total. The molecule has 104 valence electrons. The lowest BCUT2D eigenvalue weighted by Gasteiger charge is -2.04. The molecular formula is C15H18N4S. The fraction of sp³-hybridized carbons (Fsp3) is 0.400. The number of aromatic nitrogens is 3. The van der Waals surface area contributed by atoms with Crippen LogP contribution in [-0.2, 0) is 6.54 Å². The number of pyridine rings is 1. The van der Waals surface area contributed by atoms with Crippen LogP contribution in [0, 0.1) is 13.8 Å². The van der Waals surface area contributed by atoms with Crippen LogP contribution >= 0.6 is 11.8 Å². The zero-order chi connectivity index (χ0) is 13.9. The molecule has 0 spiro atoms. The Labute approximate surface area is 123 Å². The van der Waals surface area contributed by atoms with Gasteiger partial charge in [0.25, 0.3) is 0 Å². The summed E-state index contributed by atoms with van der Waals surface area (Å²) in [4.78, 5) is 13.3. The minimum atomic E-state index is 0.712. The first kappa shape index (κ1) is 13.5. The van der Waals surface area contributed by atoms with Crippen LogP contribution in [0.4, 0.5) is 0 Å². The third-order valence-electron chi connectivity index (χ3n) is 3.12. The van der Waals surface area contributed by atoms with Gasteiger partial charge in [0.2, 0.25) is 0 Å². The number of aryl methyl sites for hydroxylation is 2. The number of rotatable bonds is 5. The standard InChI is InChI=1S/C15H18N4S/c1-10-5-11(2)19-14(6-10)20-15-17-8-12(9-18-15)7-16-13-3-4-13/h5-6,8-9,13,16H,3-4,7H2,1-2H3. The van der Waals surface area contributed by atoms with Crippen LogP contribution in [0.3, 0.4) is 0 Å². The van der Waals surface area contributed by atoms with Crippen LogP contribution in [-0.4, -0.2) is 21.0 Å². The maximum atomic E-state index is 4.49. The number of nitrogens with zero attached hydrogens (tertiary/aromatic N) is 3. The van der Waals surface area contributed by atoms with E-state index in [-0.39, 0.29) is 0 Å². The van der Waals surface area contributed by atoms with Gasteiger partial charge in [0.05, 0.1) is 0 Å². The van der Waals surface area contributed by atoms with Gasteiger partial charge in [-0.2, -0.15) is 0 Å². The topological polar surface area (TPSA) is 50.7 Å². The molecule has 0 amide bonds. The van der Waals surface area contributed by atoms with E-state index in [9.17, 15) is 0 Å². The van der Waals surface area contributed by atoms with E-state index in [1.54, 1.807) is 0 Å². The van der Waals surface area contributed by atoms with E-state index in [1.165, 1.54) is 30.2 Å². The molecule has 1 aliphatic carbocycles. The molecule has 4 nitrogen and oxygen atoms in total. The molecule has 2 aromatic rings. The van der Waals surface area contributed by atoms with Crippen molar-refractivity contribution in [3.63, 3.8) is 0 Å². The predicted molar refractivity (Wildman–Crippen MR) is 79.7 cm³/mol. The van der Waals surface area contributed by atoms with Crippen LogP contribution in [0.25, 0.3) is 0 Å². The molecule has 5 heteroatoms. The highest BCUT2D eigenvalue weighted by Gasteiger charge is 2.19. The quantitative estimate of drug-likeness (QED) is 0.857. The van der Waals surface area contributed by atoms with Crippen LogP contribution in [0.1, 0.15) is 29.7 Å². The molecule has 1 saturated carbocycles. The maximum Gasteiger partial charge on any atom is 0.193 e. The molecule has 2 heterocycles. The second-order valence-corrected chi connectivity index (χ2v) is 6.24. The first-order valence-corrected chi connectivity index (χ1v) is 7.68. The highest BCUT2D eigenvalue weighted by Crippen LogP contribution is 2.24. The third-order valence-corrected chi connectivity index (χ3v) is 3.94. The SMILES string of the molecule is Cc1cc(C)nc(Sc2ncc(CNC3CC3)cn2)c1. The number of nitrogens with one attached hydrogen (secondary N) is 1. The summed E-state index contributed by atoms with van der Waals surface area (Å²) in [5.74, 6) is 0. The Kier molecular flexibility index (Phi) is 3.98. The lowest BCUT2D eigenvalue weighted by atomic mass is 10.3. The van der Waals surface area contributed by atoms with Gasteiger partial charge in [0, 0.05) is 36.2 Å². The van der Waals surface area contributed by atoms with E-state index in [0.29, 0.717) is 6.04 Å². The molecule has 1 aliphatic rings. The first-order chi connectivity index (χ1) is 9.69. The highest BCUT2D eigenvalue weighted by molar-refractivity contribution is 7.99. The Morgan fingerprint density at radius 3 is 2.60 bits per heavy atom. The van der Waals surface area contributed by atoms with Gasteiger partial charge >= 0.3 is 0 Å². The lowest BCUT2D eigenvalue weighted by Crippen LogP contribution is -2.15. The summed E-state index contributed by atoms with van der Waals surface area (Å²) >= 11 is 1.51. The Morgan fingerprint density at radius 2 is 1.95 bits per heavy atom. The smallest absolute Gasteiger partial charge is 0.193 e. The zero-order valence-corrected chi connectivity index (χ0v) is 12.6. The van der Waals surface area contributed by atoms with Crippen molar-refractivity contribution >= 4 is 11.8 Å². The van der Waals surface area contributed by atoms with Crippen molar-refractivity contribution in [2.24, 2.45) is 0 Å². The Balaban J connectivity index is 1.64. The van der Waals surface area contributed by atoms with Gasteiger partial charge in [0.1, 0.15) is 5.03 Å². The first-order valence-electron chi connectivity index (χ1n) is 6.86. The predicted octanol–water partition coefficient (Wildman–Crippen LogP) is 2.89. The van der Waals surface area contributed by atoms with E-state index < -0.39 is 0 Å². The number of hydrogen-bond acceptors (Lipinski definition) is 5. The van der Waals surface area contributed by atoms with E-state index in [1.807, 2.05) is 19.3 Å². The minimum absolute atomic E-state index is 0.712. The van der Waals surface area contributed by atoms with Crippen LogP contribution in [0.15, 0.2) is 34.7 Å². The zero-order valence-electron chi connectivity index (χ0n) is 11.8. The molecule has 1 fully saturated rings. The molecule has 20 heavy (non-hydrogen) atoms. The molecule has 3 rings (SSSR count). The monoisotopic (exact) mass is 286 g/mol. The summed E-state index contributed by atoms with van der Waals surface area (Å²) in [6.07, 6.45) is 6.39. The van der Waals surface area contributed by atoms with E-state index in [0.717, 1.165) is 28.0 Å². The fourth-order valence-electron chi connectivity index (χ4n) is 1.99. The van der Waals surface area contributed by atoms with Crippen molar-refractivity contribution in [3.05, 3.63) is 41.3 Å². The minimum Gasteiger partial charge on any atom is -0.310 e. The summed E-state index contributed by atoms with van der Waals surface area (Å²) in [6.45, 7) is 4.94. The molecule has 0 radical (unpaired) electrons. The van der Waals surface area contributed by atoms with E-state index >= 15 is 0 Å². The molecule has 0 saturated heterocycles. The average molecular weight is 286 g/mol. The van der Waals surface area contributed by atoms with Gasteiger partial charge in [-0.05, 0) is 56.1 Å². The summed E-state index contributed by atoms with van der Waals surface area (Å²) in [7, 11) is 0. The van der Waals surface area contributed by atoms with Gasteiger partial charge in [-0.25, -0.2) is 15.0 Å². The van der Waals surface area contributed by atoms with Gasteiger partial charge < -0.3 is 5.32 Å². The second kappa shape index (κ2) is 5.89. The summed E-state index contributed by atoms with van der Waals surface area (Å²) in [5, 5.41) is 5.16. The molecule has 0 atom stereocenters. The molecule has 0 unspecified atom stereocenters. The summed E-state index contributed by atoms with van der Waals surface area (Å²) in [5.41, 5.74) is 3.37. The Hall–Kier alpha value is -1.46. The van der Waals surface area contributed by atoms with Gasteiger partial charge in [-0.1, -0.05) is 0 Å². The maximum absolute atomic E-state index is 4.49. The van der Waals surface area contributed by atoms with Crippen molar-refractivity contribution in [2.75, 3.05) is 0 Å². The number of hydrogen-bond donors (Lipinski definition) is 1. The van der Waals surface area contributed by atoms with Crippen LogP contribution < -0.4 is 5.32 Å². The molecule has 0 bridgehead atoms. The Bertz CT molecular complexity index is 573. The second-order valence-electron chi connectivity index (χ2n) is 5.26. The molecule has 0 aromatic carbocycles. The lowest BCUT2D eigenvalue weighted by molar-refractivity contribution is 0.680. The van der Waals surface area contributed by atoms with Crippen molar-refractivity contribution in [1.29, 1.82) is 0 Å². The molecule has 0 aliphatic heterocycles. The van der Waals surface area contributed by atoms with Crippen molar-refractivity contribution < 1.29 is 0 Å². The van der Waals surface area contributed by atoms with Crippen LogP contribution in [0.5, 0.6) is 0 Å². The van der Waals surface area contributed by atoms with Gasteiger partial charge in [-0.3, -0.25) is 0 Å². The largest absolute Gasteiger partial charge is 0.310 e. The van der Waals surface area contributed by atoms with E-state index in [2.05, 4.69) is 39.3 Å². The van der Waals surface area contributed by atoms with Crippen molar-refractivity contribution in [2.45, 2.75) is 49.5 Å². The third kappa shape index (κ3) is 3.77. The van der Waals surface area contributed by atoms with Gasteiger partial charge in [0.15, 0.2) is 5.16 Å². The highest BCUT2D eigenvalue weighted by atomic mass is 32.2. The average Bonchev–Trinajstić information content (AvgIpc) is 3.21. The fourth-order valence-corrected chi connectivity index (χ4v) is 2.82. The summed E-state index contributed by atoms with van der Waals surface area (Å²) < 4.78 is 0. The van der Waals surface area contributed by atoms with Crippen LogP contribution in [0.2, 0.25) is 0 Å². The van der Waals surface area contributed by atoms with Gasteiger partial charge in [-0.15, -0.1) is 0 Å². The molecular weight excluding hydrogens is 268 g/mol. The normalized spacial score (nSPS) is 14.5. The van der Waals surface area contributed by atoms with Crippen molar-refractivity contribution in [3.8, 4) is 0 Å².